The van der Waals surface area contributed by atoms with Gasteiger partial charge in [-0.3, -0.25) is 4.79 Å². The van der Waals surface area contributed by atoms with Gasteiger partial charge in [-0.25, -0.2) is 4.79 Å². The molecule has 21 heavy (non-hydrogen) atoms. The first-order valence-corrected chi connectivity index (χ1v) is 8.06. The van der Waals surface area contributed by atoms with Crippen molar-refractivity contribution < 1.29 is 14.7 Å². The molecule has 1 aromatic heterocycles. The van der Waals surface area contributed by atoms with Crippen LogP contribution in [0.2, 0.25) is 0 Å². The van der Waals surface area contributed by atoms with Gasteiger partial charge in [0.1, 0.15) is 0 Å². The van der Waals surface area contributed by atoms with E-state index < -0.39 is 5.97 Å². The van der Waals surface area contributed by atoms with E-state index in [1.165, 1.54) is 4.88 Å². The molecule has 2 N–H and O–H groups in total. The highest BCUT2D eigenvalue weighted by molar-refractivity contribution is 7.12. The van der Waals surface area contributed by atoms with Crippen LogP contribution in [-0.4, -0.2) is 34.6 Å². The van der Waals surface area contributed by atoms with E-state index in [0.29, 0.717) is 19.4 Å². The minimum Gasteiger partial charge on any atom is -0.481 e. The maximum Gasteiger partial charge on any atom is 0.318 e. The van der Waals surface area contributed by atoms with E-state index in [2.05, 4.69) is 5.32 Å². The molecule has 1 saturated heterocycles. The van der Waals surface area contributed by atoms with Gasteiger partial charge in [0.05, 0.1) is 12.0 Å². The van der Waals surface area contributed by atoms with Crippen molar-refractivity contribution in [1.82, 2.24) is 10.2 Å². The van der Waals surface area contributed by atoms with E-state index in [1.54, 1.807) is 16.2 Å². The summed E-state index contributed by atoms with van der Waals surface area (Å²) in [6.07, 6.45) is 1.05. The fraction of sp³-hybridized carbons (Fsp3) is 0.600. The monoisotopic (exact) mass is 310 g/mol. The summed E-state index contributed by atoms with van der Waals surface area (Å²) in [5.74, 6) is -1.09. The molecule has 0 bridgehead atoms. The minimum absolute atomic E-state index is 0.0272. The average molecular weight is 310 g/mol. The number of carbonyl (C=O) groups is 2. The van der Waals surface area contributed by atoms with Gasteiger partial charge in [0.25, 0.3) is 0 Å². The summed E-state index contributed by atoms with van der Waals surface area (Å²) in [7, 11) is 0. The maximum atomic E-state index is 12.3. The Balaban J connectivity index is 1.93. The first kappa shape index (κ1) is 15.8. The van der Waals surface area contributed by atoms with Gasteiger partial charge in [-0.05, 0) is 45.7 Å². The molecule has 0 saturated carbocycles. The van der Waals surface area contributed by atoms with Gasteiger partial charge in [-0.2, -0.15) is 0 Å². The number of nitrogens with zero attached hydrogens (tertiary/aromatic N) is 1. The van der Waals surface area contributed by atoms with Crippen LogP contribution < -0.4 is 5.32 Å². The molecule has 6 heteroatoms. The van der Waals surface area contributed by atoms with Crippen LogP contribution in [0.5, 0.6) is 0 Å². The number of likely N-dealkylation sites (tertiary alicyclic amines) is 1. The maximum absolute atomic E-state index is 12.3. The highest BCUT2D eigenvalue weighted by atomic mass is 32.1. The van der Waals surface area contributed by atoms with Crippen LogP contribution in [0.4, 0.5) is 4.79 Å². The Morgan fingerprint density at radius 2 is 2.19 bits per heavy atom. The fourth-order valence-electron chi connectivity index (χ4n) is 2.72. The Kier molecular flexibility index (Phi) is 4.88. The molecule has 2 amide bonds. The molecule has 1 aromatic rings. The fourth-order valence-corrected chi connectivity index (χ4v) is 3.60. The Morgan fingerprint density at radius 3 is 2.71 bits per heavy atom. The zero-order valence-corrected chi connectivity index (χ0v) is 13.4. The van der Waals surface area contributed by atoms with Crippen LogP contribution in [-0.2, 0) is 4.79 Å². The van der Waals surface area contributed by atoms with Crippen LogP contribution in [0, 0.1) is 12.8 Å². The number of hydrogen-bond donors (Lipinski definition) is 2. The van der Waals surface area contributed by atoms with Gasteiger partial charge in [-0.1, -0.05) is 0 Å². The van der Waals surface area contributed by atoms with Gasteiger partial charge in [0.2, 0.25) is 0 Å². The number of amides is 2. The molecule has 0 radical (unpaired) electrons. The van der Waals surface area contributed by atoms with Gasteiger partial charge in [0.15, 0.2) is 0 Å². The molecule has 2 heterocycles. The SMILES string of the molecule is Cc1ccc(C(C)NC(=O)N2CCC(C(=O)O)CC2C)s1. The first-order valence-electron chi connectivity index (χ1n) is 7.24. The van der Waals surface area contributed by atoms with Gasteiger partial charge in [-0.15, -0.1) is 11.3 Å². The highest BCUT2D eigenvalue weighted by Gasteiger charge is 2.32. The number of carboxylic acid groups (broad SMARTS) is 1. The van der Waals surface area contributed by atoms with Gasteiger partial charge < -0.3 is 15.3 Å². The number of aryl methyl sites for hydroxylation is 1. The van der Waals surface area contributed by atoms with Crippen molar-refractivity contribution in [2.45, 2.75) is 45.7 Å². The second kappa shape index (κ2) is 6.47. The van der Waals surface area contributed by atoms with Crippen LogP contribution in [0.15, 0.2) is 12.1 Å². The lowest BCUT2D eigenvalue weighted by Crippen LogP contribution is -2.50. The smallest absolute Gasteiger partial charge is 0.318 e. The number of nitrogens with one attached hydrogen (secondary N) is 1. The predicted molar refractivity (Wildman–Crippen MR) is 82.5 cm³/mol. The third-order valence-electron chi connectivity index (χ3n) is 4.01. The summed E-state index contributed by atoms with van der Waals surface area (Å²) in [5.41, 5.74) is 0. The lowest BCUT2D eigenvalue weighted by Gasteiger charge is -2.36. The molecule has 1 aliphatic heterocycles. The first-order chi connectivity index (χ1) is 9.88. The van der Waals surface area contributed by atoms with E-state index >= 15 is 0 Å². The zero-order chi connectivity index (χ0) is 15.6. The number of carbonyl (C=O) groups excluding carboxylic acids is 1. The van der Waals surface area contributed by atoms with Crippen molar-refractivity contribution in [2.75, 3.05) is 6.54 Å². The lowest BCUT2D eigenvalue weighted by molar-refractivity contribution is -0.143. The van der Waals surface area contributed by atoms with Crippen LogP contribution in [0.25, 0.3) is 0 Å². The molecular formula is C15H22N2O3S. The average Bonchev–Trinajstić information content (AvgIpc) is 2.85. The summed E-state index contributed by atoms with van der Waals surface area (Å²) in [5, 5.41) is 12.1. The van der Waals surface area contributed by atoms with Gasteiger partial charge >= 0.3 is 12.0 Å². The number of hydrogen-bond acceptors (Lipinski definition) is 3. The third-order valence-corrected chi connectivity index (χ3v) is 5.20. The highest BCUT2D eigenvalue weighted by Crippen LogP contribution is 2.25. The largest absolute Gasteiger partial charge is 0.481 e. The summed E-state index contributed by atoms with van der Waals surface area (Å²) in [6.45, 7) is 6.42. The third kappa shape index (κ3) is 3.75. The van der Waals surface area contributed by atoms with Crippen molar-refractivity contribution in [3.05, 3.63) is 21.9 Å². The second-order valence-corrected chi connectivity index (χ2v) is 7.04. The summed E-state index contributed by atoms with van der Waals surface area (Å²) < 4.78 is 0. The number of rotatable bonds is 3. The van der Waals surface area contributed by atoms with Crippen molar-refractivity contribution in [3.8, 4) is 0 Å². The number of carboxylic acids is 1. The Morgan fingerprint density at radius 1 is 1.48 bits per heavy atom. The number of urea groups is 1. The molecule has 0 aliphatic carbocycles. The van der Waals surface area contributed by atoms with Crippen molar-refractivity contribution in [2.24, 2.45) is 5.92 Å². The van der Waals surface area contributed by atoms with Crippen LogP contribution in [0.3, 0.4) is 0 Å². The van der Waals surface area contributed by atoms with Gasteiger partial charge in [0, 0.05) is 22.3 Å². The molecular weight excluding hydrogens is 288 g/mol. The molecule has 1 aliphatic rings. The van der Waals surface area contributed by atoms with E-state index in [1.807, 2.05) is 32.9 Å². The van der Waals surface area contributed by atoms with Crippen molar-refractivity contribution in [3.63, 3.8) is 0 Å². The molecule has 3 atom stereocenters. The lowest BCUT2D eigenvalue weighted by atomic mass is 9.92. The molecule has 5 nitrogen and oxygen atoms in total. The standard InChI is InChI=1S/C15H22N2O3S/c1-9-8-12(14(18)19)6-7-17(9)15(20)16-11(3)13-5-4-10(2)21-13/h4-5,9,11-12H,6-8H2,1-3H3,(H,16,20)(H,18,19). The number of piperidine rings is 1. The second-order valence-electron chi connectivity index (χ2n) is 5.72. The number of thiophene rings is 1. The van der Waals surface area contributed by atoms with Crippen molar-refractivity contribution >= 4 is 23.3 Å². The van der Waals surface area contributed by atoms with Crippen LogP contribution in [0.1, 0.15) is 42.5 Å². The summed E-state index contributed by atoms with van der Waals surface area (Å²) in [6, 6.07) is 3.90. The Hall–Kier alpha value is -1.56. The summed E-state index contributed by atoms with van der Waals surface area (Å²) >= 11 is 1.68. The van der Waals surface area contributed by atoms with Crippen LogP contribution >= 0.6 is 11.3 Å². The zero-order valence-electron chi connectivity index (χ0n) is 12.6. The molecule has 1 fully saturated rings. The summed E-state index contributed by atoms with van der Waals surface area (Å²) in [4.78, 5) is 27.5. The minimum atomic E-state index is -0.760. The number of aliphatic carboxylic acids is 1. The Labute approximate surface area is 129 Å². The van der Waals surface area contributed by atoms with Crippen molar-refractivity contribution in [1.29, 1.82) is 0 Å². The molecule has 2 rings (SSSR count). The molecule has 116 valence electrons. The van der Waals surface area contributed by atoms with E-state index in [4.69, 9.17) is 5.11 Å². The molecule has 0 aromatic carbocycles. The van der Waals surface area contributed by atoms with E-state index in [9.17, 15) is 9.59 Å². The molecule has 3 unspecified atom stereocenters. The normalized spacial score (nSPS) is 23.7. The topological polar surface area (TPSA) is 69.6 Å². The van der Waals surface area contributed by atoms with E-state index in [-0.39, 0.29) is 24.0 Å². The molecule has 0 spiro atoms. The van der Waals surface area contributed by atoms with E-state index in [0.717, 1.165) is 4.88 Å². The Bertz CT molecular complexity index is 529. The quantitative estimate of drug-likeness (QED) is 0.901. The predicted octanol–water partition coefficient (Wildman–Crippen LogP) is 3.01.